The lowest BCUT2D eigenvalue weighted by Gasteiger charge is -2.23. The number of fused-ring (bicyclic) bond motifs is 1. The normalized spacial score (nSPS) is 15.1. The van der Waals surface area contributed by atoms with E-state index in [1.165, 1.54) is 5.56 Å². The molecule has 0 saturated heterocycles. The van der Waals surface area contributed by atoms with Gasteiger partial charge in [-0.15, -0.1) is 0 Å². The van der Waals surface area contributed by atoms with Gasteiger partial charge in [0, 0.05) is 17.8 Å². The molecule has 2 aromatic rings. The van der Waals surface area contributed by atoms with E-state index in [4.69, 9.17) is 0 Å². The number of nitrogens with zero attached hydrogens (tertiary/aromatic N) is 2. The summed E-state index contributed by atoms with van der Waals surface area (Å²) in [5, 5.41) is 11.5. The summed E-state index contributed by atoms with van der Waals surface area (Å²) in [6.07, 6.45) is 0.0673. The van der Waals surface area contributed by atoms with Gasteiger partial charge in [-0.1, -0.05) is 48.5 Å². The maximum Gasteiger partial charge on any atom is 0.313 e. The van der Waals surface area contributed by atoms with E-state index in [2.05, 4.69) is 0 Å². The third-order valence-corrected chi connectivity index (χ3v) is 3.52. The van der Waals surface area contributed by atoms with Crippen LogP contribution in [0.4, 0.5) is 5.69 Å². The van der Waals surface area contributed by atoms with Crippen molar-refractivity contribution in [1.82, 2.24) is 0 Å². The average Bonchev–Trinajstić information content (AvgIpc) is 2.84. The standard InChI is InChI=1S/C15H14N2O2/c18-17(19)15(13-7-2-1-3-8-13)16-11-10-12-6-4-5-9-14(12)16/h1-9,15H,10-11H2. The summed E-state index contributed by atoms with van der Waals surface area (Å²) < 4.78 is 0. The maximum absolute atomic E-state index is 11.5. The number of hydrogen-bond acceptors (Lipinski definition) is 3. The third kappa shape index (κ3) is 2.05. The Balaban J connectivity index is 2.02. The van der Waals surface area contributed by atoms with Crippen molar-refractivity contribution < 1.29 is 4.92 Å². The number of anilines is 1. The first-order chi connectivity index (χ1) is 9.27. The molecule has 0 radical (unpaired) electrons. The fourth-order valence-corrected chi connectivity index (χ4v) is 2.66. The van der Waals surface area contributed by atoms with E-state index >= 15 is 0 Å². The zero-order valence-electron chi connectivity index (χ0n) is 10.4. The molecule has 0 fully saturated rings. The second-order valence-electron chi connectivity index (χ2n) is 4.64. The molecule has 1 aliphatic rings. The van der Waals surface area contributed by atoms with Crippen LogP contribution in [0.5, 0.6) is 0 Å². The molecule has 4 nitrogen and oxygen atoms in total. The number of para-hydroxylation sites is 1. The van der Waals surface area contributed by atoms with Gasteiger partial charge in [0.15, 0.2) is 0 Å². The minimum Gasteiger partial charge on any atom is -0.306 e. The maximum atomic E-state index is 11.5. The smallest absolute Gasteiger partial charge is 0.306 e. The molecule has 4 heteroatoms. The SMILES string of the molecule is O=[N+]([O-])C(c1ccccc1)N1CCc2ccccc21. The van der Waals surface area contributed by atoms with Crippen LogP contribution in [0.1, 0.15) is 17.3 Å². The van der Waals surface area contributed by atoms with E-state index in [-0.39, 0.29) is 4.92 Å². The highest BCUT2D eigenvalue weighted by atomic mass is 16.6. The van der Waals surface area contributed by atoms with Crippen molar-refractivity contribution >= 4 is 5.69 Å². The quantitative estimate of drug-likeness (QED) is 0.624. The zero-order chi connectivity index (χ0) is 13.2. The van der Waals surface area contributed by atoms with Gasteiger partial charge < -0.3 is 4.90 Å². The highest BCUT2D eigenvalue weighted by Crippen LogP contribution is 2.35. The van der Waals surface area contributed by atoms with Crippen LogP contribution in [-0.2, 0) is 6.42 Å². The van der Waals surface area contributed by atoms with E-state index < -0.39 is 6.17 Å². The third-order valence-electron chi connectivity index (χ3n) is 3.52. The van der Waals surface area contributed by atoms with Crippen molar-refractivity contribution in [2.45, 2.75) is 12.6 Å². The van der Waals surface area contributed by atoms with Gasteiger partial charge in [-0.2, -0.15) is 0 Å². The molecule has 1 atom stereocenters. The van der Waals surface area contributed by atoms with Crippen LogP contribution >= 0.6 is 0 Å². The molecule has 0 amide bonds. The fourth-order valence-electron chi connectivity index (χ4n) is 2.66. The molecular formula is C15H14N2O2. The Labute approximate surface area is 111 Å². The van der Waals surface area contributed by atoms with Crippen LogP contribution in [0.15, 0.2) is 54.6 Å². The van der Waals surface area contributed by atoms with E-state index in [9.17, 15) is 10.1 Å². The number of rotatable bonds is 3. The summed E-state index contributed by atoms with van der Waals surface area (Å²) >= 11 is 0. The second kappa shape index (κ2) is 4.72. The molecule has 0 bridgehead atoms. The number of nitro groups is 1. The second-order valence-corrected chi connectivity index (χ2v) is 4.64. The van der Waals surface area contributed by atoms with Crippen LogP contribution in [0, 0.1) is 10.1 Å². The molecule has 1 heterocycles. The molecule has 19 heavy (non-hydrogen) atoms. The monoisotopic (exact) mass is 254 g/mol. The molecule has 0 saturated carbocycles. The molecule has 0 spiro atoms. The Bertz CT molecular complexity index is 598. The summed E-state index contributed by atoms with van der Waals surface area (Å²) in [6.45, 7) is 0.694. The highest BCUT2D eigenvalue weighted by molar-refractivity contribution is 5.58. The van der Waals surface area contributed by atoms with E-state index in [1.807, 2.05) is 59.5 Å². The first kappa shape index (κ1) is 11.7. The molecule has 3 rings (SSSR count). The molecule has 0 N–H and O–H groups in total. The predicted octanol–water partition coefficient (Wildman–Crippen LogP) is 3.02. The molecule has 2 aromatic carbocycles. The van der Waals surface area contributed by atoms with Gasteiger partial charge in [-0.3, -0.25) is 10.1 Å². The summed E-state index contributed by atoms with van der Waals surface area (Å²) in [7, 11) is 0. The minimum absolute atomic E-state index is 0.211. The van der Waals surface area contributed by atoms with Crippen molar-refractivity contribution in [2.24, 2.45) is 0 Å². The van der Waals surface area contributed by atoms with Crippen molar-refractivity contribution in [3.05, 3.63) is 75.8 Å². The van der Waals surface area contributed by atoms with Gasteiger partial charge in [0.05, 0.1) is 4.92 Å². The van der Waals surface area contributed by atoms with Gasteiger partial charge in [0.2, 0.25) is 0 Å². The van der Waals surface area contributed by atoms with E-state index in [1.54, 1.807) is 0 Å². The Morgan fingerprint density at radius 2 is 1.74 bits per heavy atom. The van der Waals surface area contributed by atoms with Crippen LogP contribution in [0.2, 0.25) is 0 Å². The van der Waals surface area contributed by atoms with Gasteiger partial charge in [-0.05, 0) is 18.1 Å². The van der Waals surface area contributed by atoms with Gasteiger partial charge in [-0.25, -0.2) is 0 Å². The van der Waals surface area contributed by atoms with Crippen molar-refractivity contribution in [3.63, 3.8) is 0 Å². The molecule has 96 valence electrons. The number of benzene rings is 2. The van der Waals surface area contributed by atoms with E-state index in [0.717, 1.165) is 17.7 Å². The molecular weight excluding hydrogens is 240 g/mol. The van der Waals surface area contributed by atoms with Crippen molar-refractivity contribution in [1.29, 1.82) is 0 Å². The van der Waals surface area contributed by atoms with Crippen molar-refractivity contribution in [2.75, 3.05) is 11.4 Å². The van der Waals surface area contributed by atoms with Crippen LogP contribution < -0.4 is 4.90 Å². The lowest BCUT2D eigenvalue weighted by molar-refractivity contribution is -0.528. The van der Waals surface area contributed by atoms with Gasteiger partial charge in [0.25, 0.3) is 0 Å². The Kier molecular flexibility index (Phi) is 2.91. The summed E-state index contributed by atoms with van der Waals surface area (Å²) in [5.41, 5.74) is 2.89. The average molecular weight is 254 g/mol. The fraction of sp³-hybridized carbons (Fsp3) is 0.200. The number of hydrogen-bond donors (Lipinski definition) is 0. The van der Waals surface area contributed by atoms with Crippen molar-refractivity contribution in [3.8, 4) is 0 Å². The van der Waals surface area contributed by atoms with Crippen LogP contribution in [0.3, 0.4) is 0 Å². The predicted molar refractivity (Wildman–Crippen MR) is 73.7 cm³/mol. The lowest BCUT2D eigenvalue weighted by atomic mass is 10.1. The van der Waals surface area contributed by atoms with Crippen LogP contribution in [-0.4, -0.2) is 11.5 Å². The largest absolute Gasteiger partial charge is 0.313 e. The van der Waals surface area contributed by atoms with Crippen LogP contribution in [0.25, 0.3) is 0 Å². The summed E-state index contributed by atoms with van der Waals surface area (Å²) in [6, 6.07) is 17.1. The summed E-state index contributed by atoms with van der Waals surface area (Å²) in [4.78, 5) is 13.1. The minimum atomic E-state index is -0.801. The van der Waals surface area contributed by atoms with Gasteiger partial charge >= 0.3 is 6.17 Å². The first-order valence-electron chi connectivity index (χ1n) is 6.30. The molecule has 0 aromatic heterocycles. The van der Waals surface area contributed by atoms with Gasteiger partial charge in [0.1, 0.15) is 0 Å². The highest BCUT2D eigenvalue weighted by Gasteiger charge is 2.34. The molecule has 1 aliphatic heterocycles. The molecule has 0 aliphatic carbocycles. The lowest BCUT2D eigenvalue weighted by Crippen LogP contribution is -2.32. The Morgan fingerprint density at radius 3 is 2.47 bits per heavy atom. The molecule has 1 unspecified atom stereocenters. The van der Waals surface area contributed by atoms with E-state index in [0.29, 0.717) is 6.54 Å². The Hall–Kier alpha value is -2.36. The summed E-state index contributed by atoms with van der Waals surface area (Å²) in [5.74, 6) is 0. The topological polar surface area (TPSA) is 46.4 Å². The Morgan fingerprint density at radius 1 is 1.05 bits per heavy atom. The first-order valence-corrected chi connectivity index (χ1v) is 6.30. The zero-order valence-corrected chi connectivity index (χ0v) is 10.4.